The summed E-state index contributed by atoms with van der Waals surface area (Å²) in [4.78, 5) is 18.1. The third kappa shape index (κ3) is 5.62. The van der Waals surface area contributed by atoms with Crippen LogP contribution >= 0.6 is 0 Å². The van der Waals surface area contributed by atoms with Crippen LogP contribution in [0.25, 0.3) is 0 Å². The maximum atomic E-state index is 11.1. The van der Waals surface area contributed by atoms with Gasteiger partial charge < -0.3 is 10.4 Å². The van der Waals surface area contributed by atoms with Crippen molar-refractivity contribution in [3.05, 3.63) is 18.1 Å². The Labute approximate surface area is 111 Å². The van der Waals surface area contributed by atoms with Gasteiger partial charge in [-0.15, -0.1) is 0 Å². The third-order valence-electron chi connectivity index (χ3n) is 2.23. The average Bonchev–Trinajstić information content (AvgIpc) is 2.39. The molecule has 0 unspecified atom stereocenters. The Morgan fingerprint density at radius 3 is 2.58 bits per heavy atom. The quantitative estimate of drug-likeness (QED) is 0.572. The van der Waals surface area contributed by atoms with Gasteiger partial charge in [-0.25, -0.2) is 27.9 Å². The van der Waals surface area contributed by atoms with Gasteiger partial charge in [-0.2, -0.15) is 0 Å². The standard InChI is InChI=1S/C10H16N4O4S/c1-2-19(17,18)14-5-3-4-11-9-7-12-8(6-13-9)10(15)16/h6-7,14H,2-5H2,1H3,(H,11,13)(H,15,16). The number of carboxylic acids is 1. The molecule has 0 amide bonds. The summed E-state index contributed by atoms with van der Waals surface area (Å²) in [5.74, 6) is -0.626. The molecule has 1 heterocycles. The van der Waals surface area contributed by atoms with Crippen molar-refractivity contribution in [2.45, 2.75) is 13.3 Å². The molecule has 1 aromatic rings. The highest BCUT2D eigenvalue weighted by Crippen LogP contribution is 2.00. The zero-order valence-electron chi connectivity index (χ0n) is 10.5. The van der Waals surface area contributed by atoms with Gasteiger partial charge in [0.2, 0.25) is 10.0 Å². The van der Waals surface area contributed by atoms with E-state index in [0.717, 1.165) is 6.20 Å². The molecule has 0 spiro atoms. The Balaban J connectivity index is 2.28. The Bertz CT molecular complexity index is 515. The fourth-order valence-corrected chi connectivity index (χ4v) is 1.82. The number of aromatic carboxylic acids is 1. The molecule has 0 radical (unpaired) electrons. The first kappa shape index (κ1) is 15.3. The van der Waals surface area contributed by atoms with Crippen LogP contribution in [0, 0.1) is 0 Å². The Morgan fingerprint density at radius 2 is 2.05 bits per heavy atom. The van der Waals surface area contributed by atoms with Gasteiger partial charge in [0.15, 0.2) is 5.69 Å². The Morgan fingerprint density at radius 1 is 1.32 bits per heavy atom. The molecule has 0 fully saturated rings. The zero-order valence-corrected chi connectivity index (χ0v) is 11.3. The molecule has 0 aliphatic heterocycles. The number of nitrogens with one attached hydrogen (secondary N) is 2. The molecule has 0 bridgehead atoms. The summed E-state index contributed by atoms with van der Waals surface area (Å²) in [7, 11) is -3.15. The lowest BCUT2D eigenvalue weighted by Crippen LogP contribution is -2.27. The lowest BCUT2D eigenvalue weighted by atomic mass is 10.4. The van der Waals surface area contributed by atoms with Crippen molar-refractivity contribution in [3.8, 4) is 0 Å². The normalized spacial score (nSPS) is 11.2. The Kier molecular flexibility index (Phi) is 5.64. The molecule has 0 aliphatic rings. The maximum absolute atomic E-state index is 11.1. The summed E-state index contributed by atoms with van der Waals surface area (Å²) in [6, 6.07) is 0. The molecule has 0 aromatic carbocycles. The molecule has 3 N–H and O–H groups in total. The lowest BCUT2D eigenvalue weighted by molar-refractivity contribution is 0.0690. The van der Waals surface area contributed by atoms with Crippen molar-refractivity contribution in [1.29, 1.82) is 0 Å². The highest BCUT2D eigenvalue weighted by Gasteiger charge is 2.05. The van der Waals surface area contributed by atoms with Crippen molar-refractivity contribution in [1.82, 2.24) is 14.7 Å². The van der Waals surface area contributed by atoms with Gasteiger partial charge >= 0.3 is 5.97 Å². The molecule has 1 aromatic heterocycles. The van der Waals surface area contributed by atoms with Crippen LogP contribution in [0.5, 0.6) is 0 Å². The summed E-state index contributed by atoms with van der Waals surface area (Å²) in [6.45, 7) is 2.41. The molecule has 8 nitrogen and oxygen atoms in total. The van der Waals surface area contributed by atoms with Crippen molar-refractivity contribution in [2.24, 2.45) is 0 Å². The number of hydrogen-bond donors (Lipinski definition) is 3. The first-order chi connectivity index (χ1) is 8.94. The van der Waals surface area contributed by atoms with Crippen molar-refractivity contribution in [2.75, 3.05) is 24.2 Å². The van der Waals surface area contributed by atoms with Gasteiger partial charge in [-0.05, 0) is 13.3 Å². The van der Waals surface area contributed by atoms with Gasteiger partial charge in [-0.3, -0.25) is 0 Å². The van der Waals surface area contributed by atoms with E-state index in [1.807, 2.05) is 0 Å². The first-order valence-electron chi connectivity index (χ1n) is 5.71. The van der Waals surface area contributed by atoms with E-state index in [-0.39, 0.29) is 11.4 Å². The fraction of sp³-hybridized carbons (Fsp3) is 0.500. The van der Waals surface area contributed by atoms with Crippen LogP contribution in [0.4, 0.5) is 5.82 Å². The van der Waals surface area contributed by atoms with E-state index in [0.29, 0.717) is 25.3 Å². The lowest BCUT2D eigenvalue weighted by Gasteiger charge is -2.06. The summed E-state index contributed by atoms with van der Waals surface area (Å²) >= 11 is 0. The summed E-state index contributed by atoms with van der Waals surface area (Å²) in [6.07, 6.45) is 3.06. The van der Waals surface area contributed by atoms with E-state index in [4.69, 9.17) is 5.11 Å². The average molecular weight is 288 g/mol. The third-order valence-corrected chi connectivity index (χ3v) is 3.64. The van der Waals surface area contributed by atoms with Gasteiger partial charge in [0.25, 0.3) is 0 Å². The van der Waals surface area contributed by atoms with E-state index < -0.39 is 16.0 Å². The van der Waals surface area contributed by atoms with E-state index in [1.165, 1.54) is 6.20 Å². The number of sulfonamides is 1. The zero-order chi connectivity index (χ0) is 14.3. The smallest absolute Gasteiger partial charge is 0.356 e. The van der Waals surface area contributed by atoms with Crippen molar-refractivity contribution >= 4 is 21.8 Å². The fourth-order valence-electron chi connectivity index (χ4n) is 1.16. The van der Waals surface area contributed by atoms with Crippen molar-refractivity contribution in [3.63, 3.8) is 0 Å². The minimum absolute atomic E-state index is 0.0581. The number of aromatic nitrogens is 2. The topological polar surface area (TPSA) is 121 Å². The van der Waals surface area contributed by atoms with Crippen LogP contribution in [-0.4, -0.2) is 48.3 Å². The second-order valence-electron chi connectivity index (χ2n) is 3.67. The van der Waals surface area contributed by atoms with Gasteiger partial charge in [0.05, 0.1) is 18.1 Å². The minimum Gasteiger partial charge on any atom is -0.476 e. The number of hydrogen-bond acceptors (Lipinski definition) is 6. The predicted molar refractivity (Wildman–Crippen MR) is 69.6 cm³/mol. The second kappa shape index (κ2) is 7.00. The van der Waals surface area contributed by atoms with Crippen molar-refractivity contribution < 1.29 is 18.3 Å². The second-order valence-corrected chi connectivity index (χ2v) is 5.77. The van der Waals surface area contributed by atoms with Crippen LogP contribution in [0.3, 0.4) is 0 Å². The maximum Gasteiger partial charge on any atom is 0.356 e. The van der Waals surface area contributed by atoms with Crippen LogP contribution in [-0.2, 0) is 10.0 Å². The number of rotatable bonds is 8. The number of carbonyl (C=O) groups is 1. The van der Waals surface area contributed by atoms with Gasteiger partial charge in [0, 0.05) is 13.1 Å². The molecule has 1 rings (SSSR count). The van der Waals surface area contributed by atoms with Crippen LogP contribution in [0.1, 0.15) is 23.8 Å². The molecular formula is C10H16N4O4S. The molecule has 0 aliphatic carbocycles. The molecule has 0 saturated heterocycles. The molecule has 106 valence electrons. The van der Waals surface area contributed by atoms with Gasteiger partial charge in [-0.1, -0.05) is 0 Å². The molecule has 9 heteroatoms. The molecule has 19 heavy (non-hydrogen) atoms. The van der Waals surface area contributed by atoms with Crippen LogP contribution in [0.15, 0.2) is 12.4 Å². The van der Waals surface area contributed by atoms with Gasteiger partial charge in [0.1, 0.15) is 5.82 Å². The summed E-state index contributed by atoms with van der Waals surface area (Å²) < 4.78 is 24.7. The highest BCUT2D eigenvalue weighted by atomic mass is 32.2. The van der Waals surface area contributed by atoms with E-state index in [9.17, 15) is 13.2 Å². The Hall–Kier alpha value is -1.74. The largest absolute Gasteiger partial charge is 0.476 e. The SMILES string of the molecule is CCS(=O)(=O)NCCCNc1cnc(C(=O)O)cn1. The molecule has 0 saturated carbocycles. The van der Waals surface area contributed by atoms with Crippen LogP contribution in [0.2, 0.25) is 0 Å². The predicted octanol–water partition coefficient (Wildman–Crippen LogP) is -0.0839. The number of anilines is 1. The molecular weight excluding hydrogens is 272 g/mol. The number of carboxylic acid groups (broad SMARTS) is 1. The summed E-state index contributed by atoms with van der Waals surface area (Å²) in [5.41, 5.74) is -0.124. The highest BCUT2D eigenvalue weighted by molar-refractivity contribution is 7.89. The first-order valence-corrected chi connectivity index (χ1v) is 7.36. The number of nitrogens with zero attached hydrogens (tertiary/aromatic N) is 2. The minimum atomic E-state index is -3.15. The van der Waals surface area contributed by atoms with E-state index in [2.05, 4.69) is 20.0 Å². The monoisotopic (exact) mass is 288 g/mol. The molecule has 0 atom stereocenters. The van der Waals surface area contributed by atoms with E-state index in [1.54, 1.807) is 6.92 Å². The summed E-state index contributed by atoms with van der Waals surface area (Å²) in [5, 5.41) is 11.5. The van der Waals surface area contributed by atoms with Crippen LogP contribution < -0.4 is 10.0 Å². The van der Waals surface area contributed by atoms with E-state index >= 15 is 0 Å².